The molecule has 4 heteroatoms. The zero-order valence-corrected chi connectivity index (χ0v) is 14.0. The summed E-state index contributed by atoms with van der Waals surface area (Å²) in [5.74, 6) is 0. The maximum absolute atomic E-state index is 2.81. The molecule has 1 heterocycles. The summed E-state index contributed by atoms with van der Waals surface area (Å²) in [6.45, 7) is 2.51. The van der Waals surface area contributed by atoms with Crippen molar-refractivity contribution in [3.05, 3.63) is 0 Å². The van der Waals surface area contributed by atoms with Gasteiger partial charge in [-0.05, 0) is 0 Å². The quantitative estimate of drug-likeness (QED) is 0.223. The topological polar surface area (TPSA) is 0 Å². The zero-order valence-electron chi connectivity index (χ0n) is 5.37. The fourth-order valence-corrected chi connectivity index (χ4v) is 51.5. The summed E-state index contributed by atoms with van der Waals surface area (Å²) in [5.41, 5.74) is 0. The van der Waals surface area contributed by atoms with Gasteiger partial charge in [-0.1, -0.05) is 0 Å². The van der Waals surface area contributed by atoms with Crippen molar-refractivity contribution in [2.75, 3.05) is 9.36 Å². The predicted octanol–water partition coefficient (Wildman–Crippen LogP) is -3.66. The Morgan fingerprint density at radius 1 is 1.78 bits per heavy atom. The first-order valence-electron chi connectivity index (χ1n) is 2.69. The molecule has 0 aromatic rings. The molecule has 1 aliphatic rings. The normalized spacial score (nSPS) is 41.0. The molecule has 0 amide bonds. The molecule has 0 N–H and O–H groups in total. The van der Waals surface area contributed by atoms with E-state index in [9.17, 15) is 0 Å². The van der Waals surface area contributed by atoms with Crippen LogP contribution in [0.4, 0.5) is 0 Å². The standard InChI is InChI=1S/C5H10I4/c1-4-5(7-2)3-9(6)8-4/h4-5H,3H2,1-2H3/q-2/t4?,5-/m0/s1. The summed E-state index contributed by atoms with van der Waals surface area (Å²) in [7, 11) is 0. The van der Waals surface area contributed by atoms with Crippen LogP contribution in [0.1, 0.15) is 6.92 Å². The van der Waals surface area contributed by atoms with E-state index in [2.05, 4.69) is 30.5 Å². The second-order valence-electron chi connectivity index (χ2n) is 1.90. The van der Waals surface area contributed by atoms with E-state index in [1.807, 2.05) is 0 Å². The summed E-state index contributed by atoms with van der Waals surface area (Å²) in [4.78, 5) is 2.47. The van der Waals surface area contributed by atoms with Crippen molar-refractivity contribution in [1.29, 1.82) is 0 Å². The average molecular weight is 578 g/mol. The monoisotopic (exact) mass is 578 g/mol. The van der Waals surface area contributed by atoms with E-state index < -0.39 is 0 Å². The van der Waals surface area contributed by atoms with Crippen molar-refractivity contribution in [2.45, 2.75) is 14.8 Å². The average Bonchev–Trinajstić information content (AvgIpc) is 2.10. The van der Waals surface area contributed by atoms with Crippen LogP contribution in [-0.2, 0) is 0 Å². The molecule has 0 saturated carbocycles. The Bertz CT molecular complexity index is 95.0. The Hall–Kier alpha value is 2.92. The van der Waals surface area contributed by atoms with Gasteiger partial charge in [0.05, 0.1) is 0 Å². The van der Waals surface area contributed by atoms with Gasteiger partial charge in [-0.25, -0.2) is 0 Å². The summed E-state index contributed by atoms with van der Waals surface area (Å²) in [6.07, 6.45) is 0. The molecule has 2 atom stereocenters. The van der Waals surface area contributed by atoms with Crippen molar-refractivity contribution >= 4 is 30.5 Å². The third kappa shape index (κ3) is 3.03. The van der Waals surface area contributed by atoms with Crippen LogP contribution in [0, 0.1) is 0 Å². The number of halogens is 4. The fourth-order valence-electron chi connectivity index (χ4n) is 0.693. The summed E-state index contributed by atoms with van der Waals surface area (Å²) >= 11 is 3.92. The van der Waals surface area contributed by atoms with Gasteiger partial charge in [0.1, 0.15) is 0 Å². The maximum atomic E-state index is 2.81. The van der Waals surface area contributed by atoms with E-state index >= 15 is 0 Å². The molecule has 1 aliphatic heterocycles. The molecule has 1 unspecified atom stereocenters. The van der Waals surface area contributed by atoms with Crippen molar-refractivity contribution in [3.63, 3.8) is 0 Å². The van der Waals surface area contributed by atoms with Crippen LogP contribution >= 0.6 is 30.5 Å². The fraction of sp³-hybridized carbons (Fsp3) is 1.00. The Morgan fingerprint density at radius 2 is 2.44 bits per heavy atom. The van der Waals surface area contributed by atoms with Gasteiger partial charge in [-0.3, -0.25) is 0 Å². The van der Waals surface area contributed by atoms with E-state index in [4.69, 9.17) is 0 Å². The first-order valence-corrected chi connectivity index (χ1v) is 21.4. The minimum atomic E-state index is -0.227. The minimum absolute atomic E-state index is 0.227. The number of hydrogen-bond acceptors (Lipinski definition) is 0. The molecule has 0 aromatic heterocycles. The molecule has 0 aliphatic carbocycles. The SMILES string of the molecule is C[I-][C@H]1CI(I)[I-]C1C. The predicted molar refractivity (Wildman–Crippen MR) is 52.1 cm³/mol. The van der Waals surface area contributed by atoms with Crippen LogP contribution < -0.4 is 38.4 Å². The zero-order chi connectivity index (χ0) is 6.85. The third-order valence-electron chi connectivity index (χ3n) is 1.26. The van der Waals surface area contributed by atoms with Gasteiger partial charge in [0, 0.05) is 0 Å². The molecule has 0 radical (unpaired) electrons. The molecule has 1 rings (SSSR count). The van der Waals surface area contributed by atoms with Crippen molar-refractivity contribution in [1.82, 2.24) is 0 Å². The molecule has 9 heavy (non-hydrogen) atoms. The number of hydrogen-bond donors (Lipinski definition) is 0. The van der Waals surface area contributed by atoms with E-state index in [0.717, 1.165) is 17.2 Å². The summed E-state index contributed by atoms with van der Waals surface area (Å²) < 4.78 is 4.21. The molecule has 1 fully saturated rings. The van der Waals surface area contributed by atoms with Gasteiger partial charge in [-0.15, -0.1) is 0 Å². The summed E-state index contributed by atoms with van der Waals surface area (Å²) in [6, 6.07) is 0. The Kier molecular flexibility index (Phi) is 5.37. The van der Waals surface area contributed by atoms with Gasteiger partial charge in [0.15, 0.2) is 0 Å². The molecular weight excluding hydrogens is 568 g/mol. The van der Waals surface area contributed by atoms with Crippen LogP contribution in [0.5, 0.6) is 0 Å². The number of rotatable bonds is 1. The van der Waals surface area contributed by atoms with Gasteiger partial charge < -0.3 is 0 Å². The van der Waals surface area contributed by atoms with Crippen molar-refractivity contribution < 1.29 is 38.4 Å². The molecule has 0 bridgehead atoms. The van der Waals surface area contributed by atoms with Crippen molar-refractivity contribution in [2.24, 2.45) is 0 Å². The van der Waals surface area contributed by atoms with Crippen LogP contribution in [0.25, 0.3) is 0 Å². The van der Waals surface area contributed by atoms with E-state index in [0.29, 0.717) is 21.2 Å². The van der Waals surface area contributed by atoms with Gasteiger partial charge >= 0.3 is 93.1 Å². The molecule has 0 nitrogen and oxygen atoms in total. The second kappa shape index (κ2) is 4.83. The third-order valence-corrected chi connectivity index (χ3v) is 32.1. The number of alkyl halides is 4. The van der Waals surface area contributed by atoms with Crippen LogP contribution in [0.15, 0.2) is 0 Å². The Balaban J connectivity index is 2.38. The van der Waals surface area contributed by atoms with Gasteiger partial charge in [0.25, 0.3) is 0 Å². The van der Waals surface area contributed by atoms with Crippen LogP contribution in [-0.4, -0.2) is 17.2 Å². The first kappa shape index (κ1) is 10.0. The molecule has 1 saturated heterocycles. The second-order valence-corrected chi connectivity index (χ2v) is 36.4. The van der Waals surface area contributed by atoms with Gasteiger partial charge in [0.2, 0.25) is 0 Å². The van der Waals surface area contributed by atoms with Crippen LogP contribution in [0.2, 0.25) is 0 Å². The van der Waals surface area contributed by atoms with E-state index in [1.54, 1.807) is 4.43 Å². The Morgan fingerprint density at radius 3 is 2.67 bits per heavy atom. The molecule has 60 valence electrons. The van der Waals surface area contributed by atoms with E-state index in [1.165, 1.54) is 7.85 Å². The van der Waals surface area contributed by atoms with Crippen LogP contribution in [0.3, 0.4) is 0 Å². The molecule has 0 aromatic carbocycles. The van der Waals surface area contributed by atoms with Crippen molar-refractivity contribution in [3.8, 4) is 0 Å². The molecular formula is C5H10I4-2. The summed E-state index contributed by atoms with van der Waals surface area (Å²) in [5, 5.41) is 0. The van der Waals surface area contributed by atoms with Gasteiger partial charge in [-0.2, -0.15) is 0 Å². The molecule has 0 spiro atoms. The van der Waals surface area contributed by atoms with E-state index in [-0.39, 0.29) is 11.9 Å². The first-order chi connectivity index (χ1) is 4.24. The Labute approximate surface area is 90.8 Å².